The molecule has 1 heterocycles. The van der Waals surface area contributed by atoms with Crippen LogP contribution in [0.25, 0.3) is 0 Å². The van der Waals surface area contributed by atoms with Gasteiger partial charge >= 0.3 is 0 Å². The molecule has 0 bridgehead atoms. The molecule has 0 saturated heterocycles. The molecule has 0 amide bonds. The highest BCUT2D eigenvalue weighted by atomic mass is 32.1. The third-order valence-electron chi connectivity index (χ3n) is 0.713. The highest BCUT2D eigenvalue weighted by molar-refractivity contribution is 7.07. The fraction of sp³-hybridized carbons (Fsp3) is 0.125. The van der Waals surface area contributed by atoms with E-state index in [1.165, 1.54) is 13.0 Å². The third-order valence-corrected chi connectivity index (χ3v) is 1.34. The number of hydrogen-bond donors (Lipinski definition) is 0. The maximum absolute atomic E-state index is 9.69. The fourth-order valence-electron chi connectivity index (χ4n) is 0.227. The van der Waals surface area contributed by atoms with E-state index in [2.05, 4.69) is 6.58 Å². The molecule has 0 radical (unpaired) electrons. The quantitative estimate of drug-likeness (QED) is 0.568. The number of rotatable bonds is 1. The summed E-state index contributed by atoms with van der Waals surface area (Å²) >= 11 is 1.71. The van der Waals surface area contributed by atoms with Gasteiger partial charge in [0.05, 0.1) is 0 Å². The van der Waals surface area contributed by atoms with Crippen molar-refractivity contribution in [2.45, 2.75) is 6.92 Å². The van der Waals surface area contributed by atoms with Gasteiger partial charge in [-0.25, -0.2) is 0 Å². The lowest BCUT2D eigenvalue weighted by molar-refractivity contribution is -0.112. The first kappa shape index (κ1) is 9.11. The van der Waals surface area contributed by atoms with Crippen LogP contribution in [0.3, 0.4) is 0 Å². The summed E-state index contributed by atoms with van der Waals surface area (Å²) in [6.45, 7) is 4.68. The minimum absolute atomic E-state index is 0.0185. The van der Waals surface area contributed by atoms with E-state index in [0.29, 0.717) is 0 Å². The van der Waals surface area contributed by atoms with Crippen molar-refractivity contribution in [3.8, 4) is 0 Å². The van der Waals surface area contributed by atoms with Gasteiger partial charge in [0.25, 0.3) is 0 Å². The van der Waals surface area contributed by atoms with E-state index in [-0.39, 0.29) is 5.78 Å². The highest BCUT2D eigenvalue weighted by Gasteiger charge is 1.69. The van der Waals surface area contributed by atoms with Crippen molar-refractivity contribution in [3.63, 3.8) is 0 Å². The van der Waals surface area contributed by atoms with E-state index >= 15 is 0 Å². The minimum atomic E-state index is 0.0185. The highest BCUT2D eigenvalue weighted by Crippen LogP contribution is 1.91. The largest absolute Gasteiger partial charge is 0.295 e. The van der Waals surface area contributed by atoms with Crippen LogP contribution in [0, 0.1) is 0 Å². The van der Waals surface area contributed by atoms with Crippen molar-refractivity contribution in [1.82, 2.24) is 0 Å². The van der Waals surface area contributed by atoms with Crippen LogP contribution in [-0.2, 0) is 4.79 Å². The molecule has 1 aromatic heterocycles. The summed E-state index contributed by atoms with van der Waals surface area (Å²) in [7, 11) is 0. The van der Waals surface area contributed by atoms with E-state index < -0.39 is 0 Å². The molecular formula is C8H10OS. The molecule has 0 aliphatic carbocycles. The smallest absolute Gasteiger partial charge is 0.152 e. The summed E-state index contributed by atoms with van der Waals surface area (Å²) < 4.78 is 0. The van der Waals surface area contributed by atoms with E-state index in [4.69, 9.17) is 0 Å². The molecule has 2 heteroatoms. The average Bonchev–Trinajstić information content (AvgIpc) is 2.43. The Labute approximate surface area is 65.0 Å². The van der Waals surface area contributed by atoms with Gasteiger partial charge in [-0.15, -0.1) is 0 Å². The van der Waals surface area contributed by atoms with Gasteiger partial charge in [-0.2, -0.15) is 11.3 Å². The van der Waals surface area contributed by atoms with E-state index in [9.17, 15) is 4.79 Å². The molecule has 0 aliphatic heterocycles. The Kier molecular flexibility index (Phi) is 5.68. The Balaban J connectivity index is 0.000000162. The molecule has 0 N–H and O–H groups in total. The van der Waals surface area contributed by atoms with Crippen molar-refractivity contribution in [2.24, 2.45) is 0 Å². The molecule has 0 spiro atoms. The second kappa shape index (κ2) is 6.23. The van der Waals surface area contributed by atoms with Crippen LogP contribution in [0.1, 0.15) is 6.92 Å². The van der Waals surface area contributed by atoms with Crippen molar-refractivity contribution < 1.29 is 4.79 Å². The monoisotopic (exact) mass is 154 g/mol. The fourth-order valence-corrected chi connectivity index (χ4v) is 0.680. The standard InChI is InChI=1S/C4H6O.C4H4S/c1-3-4(2)5;1-2-4-5-3-1/h3H,1H2,2H3;1-4H. The average molecular weight is 154 g/mol. The van der Waals surface area contributed by atoms with Crippen LogP contribution in [0.4, 0.5) is 0 Å². The summed E-state index contributed by atoms with van der Waals surface area (Å²) in [6.07, 6.45) is 1.28. The van der Waals surface area contributed by atoms with Gasteiger partial charge in [0.1, 0.15) is 0 Å². The molecule has 1 nitrogen and oxygen atoms in total. The molecule has 0 saturated carbocycles. The van der Waals surface area contributed by atoms with Crippen molar-refractivity contribution in [1.29, 1.82) is 0 Å². The van der Waals surface area contributed by atoms with Crippen LogP contribution in [0.5, 0.6) is 0 Å². The normalized spacial score (nSPS) is 7.30. The van der Waals surface area contributed by atoms with Crippen molar-refractivity contribution in [2.75, 3.05) is 0 Å². The zero-order valence-electron chi connectivity index (χ0n) is 5.91. The summed E-state index contributed by atoms with van der Waals surface area (Å²) in [5, 5.41) is 4.08. The number of hydrogen-bond acceptors (Lipinski definition) is 2. The third kappa shape index (κ3) is 7.11. The number of carbonyl (C=O) groups excluding carboxylic acids is 1. The van der Waals surface area contributed by atoms with Gasteiger partial charge in [-0.3, -0.25) is 4.79 Å². The van der Waals surface area contributed by atoms with E-state index in [0.717, 1.165) is 0 Å². The maximum atomic E-state index is 9.69. The topological polar surface area (TPSA) is 17.1 Å². The number of carbonyl (C=O) groups is 1. The predicted molar refractivity (Wildman–Crippen MR) is 45.2 cm³/mol. The zero-order chi connectivity index (χ0) is 7.82. The molecule has 0 aliphatic rings. The number of allylic oxidation sites excluding steroid dienone is 1. The molecule has 0 aromatic carbocycles. The van der Waals surface area contributed by atoms with Crippen LogP contribution in [-0.4, -0.2) is 5.78 Å². The van der Waals surface area contributed by atoms with Gasteiger partial charge in [0.15, 0.2) is 5.78 Å². The van der Waals surface area contributed by atoms with Crippen molar-refractivity contribution >= 4 is 17.1 Å². The van der Waals surface area contributed by atoms with Crippen LogP contribution in [0.15, 0.2) is 35.5 Å². The van der Waals surface area contributed by atoms with Gasteiger partial charge in [0.2, 0.25) is 0 Å². The summed E-state index contributed by atoms with van der Waals surface area (Å²) in [6, 6.07) is 4.04. The molecule has 0 atom stereocenters. The first-order chi connectivity index (χ1) is 4.77. The molecule has 0 fully saturated rings. The Morgan fingerprint density at radius 3 is 2.00 bits per heavy atom. The van der Waals surface area contributed by atoms with Crippen LogP contribution in [0.2, 0.25) is 0 Å². The molecule has 1 aromatic rings. The Hall–Kier alpha value is -0.890. The lowest BCUT2D eigenvalue weighted by Gasteiger charge is -1.62. The van der Waals surface area contributed by atoms with Crippen LogP contribution >= 0.6 is 11.3 Å². The lowest BCUT2D eigenvalue weighted by Crippen LogP contribution is -1.74. The van der Waals surface area contributed by atoms with Crippen molar-refractivity contribution in [3.05, 3.63) is 35.5 Å². The first-order valence-electron chi connectivity index (χ1n) is 2.87. The Morgan fingerprint density at radius 2 is 1.90 bits per heavy atom. The van der Waals surface area contributed by atoms with Gasteiger partial charge < -0.3 is 0 Å². The molecular weight excluding hydrogens is 144 g/mol. The second-order valence-electron chi connectivity index (χ2n) is 1.61. The van der Waals surface area contributed by atoms with Gasteiger partial charge in [0, 0.05) is 0 Å². The number of ketones is 1. The van der Waals surface area contributed by atoms with Crippen LogP contribution < -0.4 is 0 Å². The first-order valence-corrected chi connectivity index (χ1v) is 3.82. The van der Waals surface area contributed by atoms with Gasteiger partial charge in [-0.1, -0.05) is 18.7 Å². The Morgan fingerprint density at radius 1 is 1.50 bits per heavy atom. The Bertz CT molecular complexity index is 160. The second-order valence-corrected chi connectivity index (χ2v) is 2.42. The maximum Gasteiger partial charge on any atom is 0.152 e. The molecule has 1 rings (SSSR count). The SMILES string of the molecule is C=CC(C)=O.c1ccsc1. The van der Waals surface area contributed by atoms with E-state index in [1.54, 1.807) is 11.3 Å². The summed E-state index contributed by atoms with van der Waals surface area (Å²) in [5.74, 6) is 0.0185. The molecule has 0 unspecified atom stereocenters. The van der Waals surface area contributed by atoms with Gasteiger partial charge in [-0.05, 0) is 23.8 Å². The minimum Gasteiger partial charge on any atom is -0.295 e. The molecule has 10 heavy (non-hydrogen) atoms. The number of thiophene rings is 1. The summed E-state index contributed by atoms with van der Waals surface area (Å²) in [5.41, 5.74) is 0. The summed E-state index contributed by atoms with van der Waals surface area (Å²) in [4.78, 5) is 9.69. The van der Waals surface area contributed by atoms with E-state index in [1.807, 2.05) is 22.9 Å². The molecule has 54 valence electrons. The predicted octanol–water partition coefficient (Wildman–Crippen LogP) is 2.51. The lowest BCUT2D eigenvalue weighted by atomic mass is 10.5. The zero-order valence-corrected chi connectivity index (χ0v) is 6.73.